The number of nitrogens with zero attached hydrogens (tertiary/aromatic N) is 2. The lowest BCUT2D eigenvalue weighted by Gasteiger charge is -2.08. The first-order valence-corrected chi connectivity index (χ1v) is 5.49. The van der Waals surface area contributed by atoms with Crippen molar-refractivity contribution in [3.8, 4) is 23.6 Å². The molecule has 0 aromatic heterocycles. The van der Waals surface area contributed by atoms with Crippen molar-refractivity contribution in [1.82, 2.24) is 0 Å². The smallest absolute Gasteiger partial charge is 0.145 e. The Morgan fingerprint density at radius 2 is 1.56 bits per heavy atom. The van der Waals surface area contributed by atoms with Crippen molar-refractivity contribution in [3.05, 3.63) is 58.6 Å². The molecule has 0 atom stereocenters. The summed E-state index contributed by atoms with van der Waals surface area (Å²) in [6, 6.07) is 15.6. The Hall–Kier alpha value is -2.49. The molecule has 18 heavy (non-hydrogen) atoms. The molecule has 2 aromatic carbocycles. The van der Waals surface area contributed by atoms with E-state index in [4.69, 9.17) is 26.9 Å². The van der Waals surface area contributed by atoms with Gasteiger partial charge in [-0.15, -0.1) is 0 Å². The van der Waals surface area contributed by atoms with Gasteiger partial charge in [-0.05, 0) is 30.3 Å². The highest BCUT2D eigenvalue weighted by Crippen LogP contribution is 2.29. The zero-order chi connectivity index (χ0) is 13.0. The second kappa shape index (κ2) is 5.23. The van der Waals surface area contributed by atoms with Crippen LogP contribution in [0.15, 0.2) is 42.5 Å². The lowest BCUT2D eigenvalue weighted by Crippen LogP contribution is -1.90. The maximum Gasteiger partial charge on any atom is 0.145 e. The van der Waals surface area contributed by atoms with Crippen LogP contribution in [0.5, 0.6) is 11.5 Å². The number of ether oxygens (including phenoxy) is 1. The topological polar surface area (TPSA) is 56.8 Å². The van der Waals surface area contributed by atoms with Crippen LogP contribution in [0.25, 0.3) is 0 Å². The van der Waals surface area contributed by atoms with Gasteiger partial charge >= 0.3 is 0 Å². The largest absolute Gasteiger partial charge is 0.455 e. The van der Waals surface area contributed by atoms with Crippen LogP contribution < -0.4 is 4.74 Å². The molecule has 2 aromatic rings. The summed E-state index contributed by atoms with van der Waals surface area (Å²) < 4.78 is 5.57. The highest BCUT2D eigenvalue weighted by atomic mass is 35.5. The predicted molar refractivity (Wildman–Crippen MR) is 67.4 cm³/mol. The van der Waals surface area contributed by atoms with Crippen molar-refractivity contribution < 1.29 is 4.74 Å². The summed E-state index contributed by atoms with van der Waals surface area (Å²) in [6.07, 6.45) is 0. The summed E-state index contributed by atoms with van der Waals surface area (Å²) >= 11 is 5.80. The van der Waals surface area contributed by atoms with Crippen LogP contribution in [0.4, 0.5) is 0 Å². The van der Waals surface area contributed by atoms with Gasteiger partial charge in [0.25, 0.3) is 0 Å². The van der Waals surface area contributed by atoms with Crippen molar-refractivity contribution in [3.63, 3.8) is 0 Å². The van der Waals surface area contributed by atoms with E-state index in [0.717, 1.165) is 0 Å². The van der Waals surface area contributed by atoms with Crippen molar-refractivity contribution in [2.45, 2.75) is 0 Å². The second-order valence-corrected chi connectivity index (χ2v) is 3.90. The maximum atomic E-state index is 8.99. The molecule has 0 saturated carbocycles. The molecule has 86 valence electrons. The van der Waals surface area contributed by atoms with Crippen LogP contribution in [0.2, 0.25) is 5.02 Å². The summed E-state index contributed by atoms with van der Waals surface area (Å²) in [4.78, 5) is 0. The van der Waals surface area contributed by atoms with E-state index in [1.165, 1.54) is 6.07 Å². The molecule has 0 aliphatic rings. The van der Waals surface area contributed by atoms with Crippen LogP contribution in [0, 0.1) is 22.7 Å². The fraction of sp³-hybridized carbons (Fsp3) is 0. The number of halogens is 1. The van der Waals surface area contributed by atoms with Crippen molar-refractivity contribution >= 4 is 11.6 Å². The molecule has 0 fully saturated rings. The zero-order valence-corrected chi connectivity index (χ0v) is 9.98. The lowest BCUT2D eigenvalue weighted by atomic mass is 10.2. The van der Waals surface area contributed by atoms with E-state index in [2.05, 4.69) is 0 Å². The van der Waals surface area contributed by atoms with E-state index in [1.807, 2.05) is 12.1 Å². The zero-order valence-electron chi connectivity index (χ0n) is 9.22. The Kier molecular flexibility index (Phi) is 3.48. The molecule has 0 saturated heterocycles. The molecule has 2 rings (SSSR count). The molecular weight excluding hydrogens is 248 g/mol. The normalized spacial score (nSPS) is 9.28. The molecular formula is C14H7ClN2O. The van der Waals surface area contributed by atoms with Crippen molar-refractivity contribution in [1.29, 1.82) is 10.5 Å². The van der Waals surface area contributed by atoms with Gasteiger partial charge in [-0.1, -0.05) is 23.7 Å². The lowest BCUT2D eigenvalue weighted by molar-refractivity contribution is 0.479. The van der Waals surface area contributed by atoms with Gasteiger partial charge in [0.15, 0.2) is 0 Å². The van der Waals surface area contributed by atoms with Gasteiger partial charge in [0, 0.05) is 5.02 Å². The molecule has 0 amide bonds. The predicted octanol–water partition coefficient (Wildman–Crippen LogP) is 3.88. The standard InChI is InChI=1S/C14H7ClN2O/c15-12-5-6-14(11(7-12)9-17)18-13-4-2-1-3-10(13)8-16/h1-7H. The number of benzene rings is 2. The molecule has 0 aliphatic carbocycles. The number of rotatable bonds is 2. The van der Waals surface area contributed by atoms with Gasteiger partial charge in [0.1, 0.15) is 23.6 Å². The van der Waals surface area contributed by atoms with Crippen LogP contribution in [-0.4, -0.2) is 0 Å². The molecule has 0 bridgehead atoms. The van der Waals surface area contributed by atoms with E-state index in [9.17, 15) is 0 Å². The number of nitriles is 2. The second-order valence-electron chi connectivity index (χ2n) is 3.46. The van der Waals surface area contributed by atoms with Crippen LogP contribution in [0.1, 0.15) is 11.1 Å². The monoisotopic (exact) mass is 254 g/mol. The van der Waals surface area contributed by atoms with Gasteiger partial charge < -0.3 is 4.74 Å². The summed E-state index contributed by atoms with van der Waals surface area (Å²) in [5.74, 6) is 0.795. The maximum absolute atomic E-state index is 8.99. The van der Waals surface area contributed by atoms with Gasteiger partial charge in [-0.3, -0.25) is 0 Å². The number of para-hydroxylation sites is 1. The summed E-state index contributed by atoms with van der Waals surface area (Å²) in [5, 5.41) is 18.4. The number of hydrogen-bond acceptors (Lipinski definition) is 3. The quantitative estimate of drug-likeness (QED) is 0.817. The summed E-state index contributed by atoms with van der Waals surface area (Å²) in [5.41, 5.74) is 0.742. The molecule has 3 nitrogen and oxygen atoms in total. The van der Waals surface area contributed by atoms with Gasteiger partial charge in [-0.25, -0.2) is 0 Å². The van der Waals surface area contributed by atoms with Gasteiger partial charge in [-0.2, -0.15) is 10.5 Å². The molecule has 0 radical (unpaired) electrons. The Morgan fingerprint density at radius 1 is 0.889 bits per heavy atom. The molecule has 0 spiro atoms. The van der Waals surface area contributed by atoms with Gasteiger partial charge in [0.05, 0.1) is 11.1 Å². The first-order valence-electron chi connectivity index (χ1n) is 5.11. The van der Waals surface area contributed by atoms with Crippen LogP contribution in [0.3, 0.4) is 0 Å². The minimum Gasteiger partial charge on any atom is -0.455 e. The first-order chi connectivity index (χ1) is 8.74. The fourth-order valence-electron chi connectivity index (χ4n) is 1.45. The Labute approximate surface area is 109 Å². The molecule has 0 aliphatic heterocycles. The fourth-order valence-corrected chi connectivity index (χ4v) is 1.62. The minimum atomic E-state index is 0.329. The molecule has 4 heteroatoms. The molecule has 0 heterocycles. The molecule has 0 unspecified atom stereocenters. The third-order valence-corrected chi connectivity index (χ3v) is 2.52. The number of hydrogen-bond donors (Lipinski definition) is 0. The average molecular weight is 255 g/mol. The minimum absolute atomic E-state index is 0.329. The van der Waals surface area contributed by atoms with Gasteiger partial charge in [0.2, 0.25) is 0 Å². The highest BCUT2D eigenvalue weighted by Gasteiger charge is 2.08. The van der Waals surface area contributed by atoms with E-state index < -0.39 is 0 Å². The summed E-state index contributed by atoms with van der Waals surface area (Å²) in [7, 11) is 0. The van der Waals surface area contributed by atoms with Crippen LogP contribution >= 0.6 is 11.6 Å². The third-order valence-electron chi connectivity index (χ3n) is 2.29. The Balaban J connectivity index is 2.41. The van der Waals surface area contributed by atoms with E-state index >= 15 is 0 Å². The Bertz CT molecular complexity index is 668. The van der Waals surface area contributed by atoms with Crippen molar-refractivity contribution in [2.75, 3.05) is 0 Å². The average Bonchev–Trinajstić information content (AvgIpc) is 2.41. The SMILES string of the molecule is N#Cc1ccccc1Oc1ccc(Cl)cc1C#N. The third kappa shape index (κ3) is 2.43. The van der Waals surface area contributed by atoms with Crippen LogP contribution in [-0.2, 0) is 0 Å². The van der Waals surface area contributed by atoms with Crippen molar-refractivity contribution in [2.24, 2.45) is 0 Å². The van der Waals surface area contributed by atoms with E-state index in [-0.39, 0.29) is 0 Å². The highest BCUT2D eigenvalue weighted by molar-refractivity contribution is 6.30. The first kappa shape index (κ1) is 12.0. The summed E-state index contributed by atoms with van der Waals surface area (Å²) in [6.45, 7) is 0. The Morgan fingerprint density at radius 3 is 2.28 bits per heavy atom. The molecule has 0 N–H and O–H groups in total. The van der Waals surface area contributed by atoms with E-state index in [1.54, 1.807) is 36.4 Å². The van der Waals surface area contributed by atoms with E-state index in [0.29, 0.717) is 27.6 Å².